The van der Waals surface area contributed by atoms with Crippen molar-refractivity contribution in [1.29, 1.82) is 0 Å². The Bertz CT molecular complexity index is 417. The van der Waals surface area contributed by atoms with Gasteiger partial charge in [-0.15, -0.1) is 0 Å². The number of piperidine rings is 1. The number of hydrogen-bond donors (Lipinski definition) is 1. The van der Waals surface area contributed by atoms with E-state index in [0.717, 1.165) is 12.3 Å². The molecule has 0 aliphatic carbocycles. The van der Waals surface area contributed by atoms with Gasteiger partial charge in [-0.1, -0.05) is 35.3 Å². The Morgan fingerprint density at radius 3 is 2.89 bits per heavy atom. The smallest absolute Gasteiger partial charge is 0.0377 e. The molecule has 1 fully saturated rings. The molecular formula is C16H25BrN2. The number of halogens is 1. The van der Waals surface area contributed by atoms with E-state index in [1.807, 2.05) is 0 Å². The molecule has 1 aliphatic rings. The number of anilines is 1. The molecule has 19 heavy (non-hydrogen) atoms. The SMILES string of the molecule is CCC1CCCN(c2ccc(CC(C)N)c(Br)c2)C1. The van der Waals surface area contributed by atoms with E-state index in [0.29, 0.717) is 0 Å². The summed E-state index contributed by atoms with van der Waals surface area (Å²) in [5.41, 5.74) is 8.53. The summed E-state index contributed by atoms with van der Waals surface area (Å²) in [5, 5.41) is 0. The van der Waals surface area contributed by atoms with Crippen LogP contribution in [0.1, 0.15) is 38.7 Å². The maximum Gasteiger partial charge on any atom is 0.0377 e. The van der Waals surface area contributed by atoms with Crippen LogP contribution in [0.5, 0.6) is 0 Å². The van der Waals surface area contributed by atoms with Crippen molar-refractivity contribution in [3.63, 3.8) is 0 Å². The summed E-state index contributed by atoms with van der Waals surface area (Å²) in [4.78, 5) is 2.53. The van der Waals surface area contributed by atoms with E-state index in [2.05, 4.69) is 52.9 Å². The van der Waals surface area contributed by atoms with Crippen LogP contribution in [0, 0.1) is 5.92 Å². The third kappa shape index (κ3) is 3.96. The molecule has 0 amide bonds. The Hall–Kier alpha value is -0.540. The Balaban J connectivity index is 2.10. The van der Waals surface area contributed by atoms with Crippen LogP contribution in [0.4, 0.5) is 5.69 Å². The van der Waals surface area contributed by atoms with Crippen molar-refractivity contribution >= 4 is 21.6 Å². The molecule has 106 valence electrons. The molecule has 1 aliphatic heterocycles. The van der Waals surface area contributed by atoms with E-state index in [4.69, 9.17) is 5.73 Å². The van der Waals surface area contributed by atoms with Crippen LogP contribution < -0.4 is 10.6 Å². The summed E-state index contributed by atoms with van der Waals surface area (Å²) in [7, 11) is 0. The van der Waals surface area contributed by atoms with E-state index < -0.39 is 0 Å². The second kappa shape index (κ2) is 6.76. The second-order valence-corrected chi connectivity index (χ2v) is 6.67. The van der Waals surface area contributed by atoms with Crippen molar-refractivity contribution in [2.75, 3.05) is 18.0 Å². The molecular weight excluding hydrogens is 300 g/mol. The van der Waals surface area contributed by atoms with E-state index in [1.165, 1.54) is 48.1 Å². The monoisotopic (exact) mass is 324 g/mol. The Morgan fingerprint density at radius 2 is 2.26 bits per heavy atom. The third-order valence-electron chi connectivity index (χ3n) is 4.04. The Labute approximate surface area is 125 Å². The minimum atomic E-state index is 0.210. The maximum atomic E-state index is 5.88. The molecule has 0 aromatic heterocycles. The molecule has 2 atom stereocenters. The fraction of sp³-hybridized carbons (Fsp3) is 0.625. The van der Waals surface area contributed by atoms with Gasteiger partial charge >= 0.3 is 0 Å². The predicted molar refractivity (Wildman–Crippen MR) is 86.7 cm³/mol. The molecule has 2 unspecified atom stereocenters. The van der Waals surface area contributed by atoms with E-state index >= 15 is 0 Å². The minimum absolute atomic E-state index is 0.210. The number of nitrogens with zero attached hydrogens (tertiary/aromatic N) is 1. The highest BCUT2D eigenvalue weighted by atomic mass is 79.9. The van der Waals surface area contributed by atoms with Gasteiger partial charge in [-0.2, -0.15) is 0 Å². The molecule has 3 heteroatoms. The molecule has 1 aromatic rings. The molecule has 2 rings (SSSR count). The van der Waals surface area contributed by atoms with Crippen molar-refractivity contribution in [2.45, 2.75) is 45.6 Å². The summed E-state index contributed by atoms with van der Waals surface area (Å²) >= 11 is 3.69. The summed E-state index contributed by atoms with van der Waals surface area (Å²) in [6, 6.07) is 6.94. The lowest BCUT2D eigenvalue weighted by Crippen LogP contribution is -2.35. The van der Waals surface area contributed by atoms with Gasteiger partial charge in [-0.05, 0) is 49.8 Å². The highest BCUT2D eigenvalue weighted by Gasteiger charge is 2.19. The van der Waals surface area contributed by atoms with Gasteiger partial charge in [0.15, 0.2) is 0 Å². The first kappa shape index (κ1) is 14.9. The molecule has 0 saturated carbocycles. The fourth-order valence-corrected chi connectivity index (χ4v) is 3.41. The summed E-state index contributed by atoms with van der Waals surface area (Å²) in [6.07, 6.45) is 4.92. The molecule has 0 bridgehead atoms. The number of benzene rings is 1. The van der Waals surface area contributed by atoms with Gasteiger partial charge in [0.2, 0.25) is 0 Å². The van der Waals surface area contributed by atoms with Crippen LogP contribution in [0.3, 0.4) is 0 Å². The van der Waals surface area contributed by atoms with Crippen LogP contribution in [-0.4, -0.2) is 19.1 Å². The second-order valence-electron chi connectivity index (χ2n) is 5.82. The van der Waals surface area contributed by atoms with Crippen molar-refractivity contribution < 1.29 is 0 Å². The van der Waals surface area contributed by atoms with E-state index in [-0.39, 0.29) is 6.04 Å². The fourth-order valence-electron chi connectivity index (χ4n) is 2.88. The summed E-state index contributed by atoms with van der Waals surface area (Å²) in [6.45, 7) is 6.75. The van der Waals surface area contributed by atoms with Gasteiger partial charge in [-0.25, -0.2) is 0 Å². The summed E-state index contributed by atoms with van der Waals surface area (Å²) in [5.74, 6) is 0.858. The molecule has 1 heterocycles. The van der Waals surface area contributed by atoms with Crippen LogP contribution in [0.2, 0.25) is 0 Å². The lowest BCUT2D eigenvalue weighted by atomic mass is 9.95. The largest absolute Gasteiger partial charge is 0.371 e. The maximum absolute atomic E-state index is 5.88. The quantitative estimate of drug-likeness (QED) is 0.908. The lowest BCUT2D eigenvalue weighted by Gasteiger charge is -2.34. The zero-order chi connectivity index (χ0) is 13.8. The normalized spacial score (nSPS) is 21.5. The first-order valence-electron chi connectivity index (χ1n) is 7.39. The van der Waals surface area contributed by atoms with Gasteiger partial charge < -0.3 is 10.6 Å². The lowest BCUT2D eigenvalue weighted by molar-refractivity contribution is 0.404. The minimum Gasteiger partial charge on any atom is -0.371 e. The third-order valence-corrected chi connectivity index (χ3v) is 4.78. The van der Waals surface area contributed by atoms with Crippen molar-refractivity contribution in [1.82, 2.24) is 0 Å². The number of nitrogens with two attached hydrogens (primary N) is 1. The molecule has 2 N–H and O–H groups in total. The molecule has 1 saturated heterocycles. The van der Waals surface area contributed by atoms with E-state index in [1.54, 1.807) is 0 Å². The van der Waals surface area contributed by atoms with Crippen LogP contribution in [0.15, 0.2) is 22.7 Å². The first-order valence-corrected chi connectivity index (χ1v) is 8.18. The van der Waals surface area contributed by atoms with Crippen LogP contribution >= 0.6 is 15.9 Å². The molecule has 1 aromatic carbocycles. The zero-order valence-electron chi connectivity index (χ0n) is 12.0. The van der Waals surface area contributed by atoms with Crippen LogP contribution in [0.25, 0.3) is 0 Å². The van der Waals surface area contributed by atoms with Gasteiger partial charge in [0.05, 0.1) is 0 Å². The number of rotatable bonds is 4. The average molecular weight is 325 g/mol. The van der Waals surface area contributed by atoms with Crippen molar-refractivity contribution in [3.05, 3.63) is 28.2 Å². The Kier molecular flexibility index (Phi) is 5.28. The van der Waals surface area contributed by atoms with Gasteiger partial charge in [0.25, 0.3) is 0 Å². The van der Waals surface area contributed by atoms with Crippen molar-refractivity contribution in [3.8, 4) is 0 Å². The summed E-state index contributed by atoms with van der Waals surface area (Å²) < 4.78 is 1.20. The van der Waals surface area contributed by atoms with Crippen molar-refractivity contribution in [2.24, 2.45) is 11.7 Å². The standard InChI is InChI=1S/C16H25BrN2/c1-3-13-5-4-8-19(11-13)15-7-6-14(9-12(2)18)16(17)10-15/h6-7,10,12-13H,3-5,8-9,11,18H2,1-2H3. The topological polar surface area (TPSA) is 29.3 Å². The van der Waals surface area contributed by atoms with Gasteiger partial charge in [0.1, 0.15) is 0 Å². The average Bonchev–Trinajstić information content (AvgIpc) is 2.40. The first-order chi connectivity index (χ1) is 9.10. The van der Waals surface area contributed by atoms with E-state index in [9.17, 15) is 0 Å². The molecule has 0 radical (unpaired) electrons. The highest BCUT2D eigenvalue weighted by molar-refractivity contribution is 9.10. The Morgan fingerprint density at radius 1 is 1.47 bits per heavy atom. The predicted octanol–water partition coefficient (Wildman–Crippen LogP) is 3.97. The molecule has 0 spiro atoms. The zero-order valence-corrected chi connectivity index (χ0v) is 13.6. The molecule has 2 nitrogen and oxygen atoms in total. The van der Waals surface area contributed by atoms with Gasteiger partial charge in [-0.3, -0.25) is 0 Å². The number of hydrogen-bond acceptors (Lipinski definition) is 2. The van der Waals surface area contributed by atoms with Crippen LogP contribution in [-0.2, 0) is 6.42 Å². The van der Waals surface area contributed by atoms with Gasteiger partial charge in [0, 0.05) is 29.3 Å². The highest BCUT2D eigenvalue weighted by Crippen LogP contribution is 2.29.